The molecule has 0 aromatic rings. The Morgan fingerprint density at radius 3 is 2.92 bits per heavy atom. The predicted octanol–water partition coefficient (Wildman–Crippen LogP) is 0.646. The fraction of sp³-hybridized carbons (Fsp3) is 0.875. The number of carbonyl (C=O) groups is 1. The largest absolute Gasteiger partial charge is 0.446 e. The molecule has 0 saturated carbocycles. The zero-order chi connectivity index (χ0) is 9.19. The summed E-state index contributed by atoms with van der Waals surface area (Å²) in [4.78, 5) is 10.7. The molecule has 1 saturated heterocycles. The summed E-state index contributed by atoms with van der Waals surface area (Å²) in [5.41, 5.74) is -0.762. The van der Waals surface area contributed by atoms with E-state index in [4.69, 9.17) is 4.74 Å². The van der Waals surface area contributed by atoms with Crippen molar-refractivity contribution < 1.29 is 14.6 Å². The average Bonchev–Trinajstić information content (AvgIpc) is 1.82. The second-order valence-corrected chi connectivity index (χ2v) is 3.76. The van der Waals surface area contributed by atoms with Crippen LogP contribution in [0.15, 0.2) is 0 Å². The number of ether oxygens (including phenoxy) is 1. The minimum atomic E-state index is -0.762. The number of cyclic esters (lactones) is 1. The third-order valence-corrected chi connectivity index (χ3v) is 1.74. The van der Waals surface area contributed by atoms with E-state index < -0.39 is 5.60 Å². The van der Waals surface area contributed by atoms with Crippen molar-refractivity contribution in [3.05, 3.63) is 0 Å². The molecular weight excluding hydrogens is 158 g/mol. The smallest absolute Gasteiger partial charge is 0.407 e. The molecule has 1 heterocycles. The highest BCUT2D eigenvalue weighted by atomic mass is 16.6. The van der Waals surface area contributed by atoms with E-state index in [1.165, 1.54) is 0 Å². The first-order valence-electron chi connectivity index (χ1n) is 4.14. The van der Waals surface area contributed by atoms with Crippen molar-refractivity contribution in [2.45, 2.75) is 38.4 Å². The van der Waals surface area contributed by atoms with Crippen molar-refractivity contribution in [1.82, 2.24) is 5.32 Å². The highest BCUT2D eigenvalue weighted by Crippen LogP contribution is 2.17. The lowest BCUT2D eigenvalue weighted by molar-refractivity contribution is -0.00241. The second kappa shape index (κ2) is 3.31. The summed E-state index contributed by atoms with van der Waals surface area (Å²) in [5.74, 6) is 0. The van der Waals surface area contributed by atoms with Gasteiger partial charge >= 0.3 is 6.09 Å². The van der Waals surface area contributed by atoms with Gasteiger partial charge in [-0.25, -0.2) is 4.79 Å². The van der Waals surface area contributed by atoms with Gasteiger partial charge in [-0.3, -0.25) is 0 Å². The van der Waals surface area contributed by atoms with Crippen LogP contribution in [0.25, 0.3) is 0 Å². The summed E-state index contributed by atoms with van der Waals surface area (Å²) in [5, 5.41) is 12.0. The predicted molar refractivity (Wildman–Crippen MR) is 43.8 cm³/mol. The fourth-order valence-electron chi connectivity index (χ4n) is 1.29. The molecule has 12 heavy (non-hydrogen) atoms. The second-order valence-electron chi connectivity index (χ2n) is 3.76. The van der Waals surface area contributed by atoms with Crippen molar-refractivity contribution in [2.24, 2.45) is 0 Å². The van der Waals surface area contributed by atoms with Crippen LogP contribution in [0.2, 0.25) is 0 Å². The summed E-state index contributed by atoms with van der Waals surface area (Å²) >= 11 is 0. The van der Waals surface area contributed by atoms with Crippen molar-refractivity contribution >= 4 is 6.09 Å². The highest BCUT2D eigenvalue weighted by Gasteiger charge is 2.26. The third-order valence-electron chi connectivity index (χ3n) is 1.74. The van der Waals surface area contributed by atoms with Gasteiger partial charge in [-0.15, -0.1) is 0 Å². The molecule has 1 aliphatic heterocycles. The Kier molecular flexibility index (Phi) is 2.57. The molecule has 0 bridgehead atoms. The number of alkyl carbamates (subject to hydrolysis) is 1. The molecular formula is C8H15NO3. The first kappa shape index (κ1) is 9.32. The van der Waals surface area contributed by atoms with E-state index in [2.05, 4.69) is 5.32 Å². The lowest BCUT2D eigenvalue weighted by Gasteiger charge is -2.28. The lowest BCUT2D eigenvalue weighted by Crippen LogP contribution is -2.40. The summed E-state index contributed by atoms with van der Waals surface area (Å²) < 4.78 is 4.95. The zero-order valence-corrected chi connectivity index (χ0v) is 7.46. The van der Waals surface area contributed by atoms with Crippen LogP contribution in [0.3, 0.4) is 0 Å². The minimum Gasteiger partial charge on any atom is -0.446 e. The minimum absolute atomic E-state index is 0.140. The quantitative estimate of drug-likeness (QED) is 0.644. The number of hydrogen-bond acceptors (Lipinski definition) is 3. The van der Waals surface area contributed by atoms with Gasteiger partial charge in [0.05, 0.1) is 5.60 Å². The molecule has 1 unspecified atom stereocenters. The van der Waals surface area contributed by atoms with Gasteiger partial charge in [-0.05, 0) is 13.8 Å². The van der Waals surface area contributed by atoms with Crippen molar-refractivity contribution in [1.29, 1.82) is 0 Å². The van der Waals surface area contributed by atoms with Gasteiger partial charge < -0.3 is 15.2 Å². The van der Waals surface area contributed by atoms with E-state index >= 15 is 0 Å². The van der Waals surface area contributed by atoms with E-state index in [9.17, 15) is 9.90 Å². The Balaban J connectivity index is 2.37. The monoisotopic (exact) mass is 173 g/mol. The molecule has 0 spiro atoms. The highest BCUT2D eigenvalue weighted by molar-refractivity contribution is 5.67. The summed E-state index contributed by atoms with van der Waals surface area (Å²) in [7, 11) is 0. The number of hydrogen-bond donors (Lipinski definition) is 2. The maximum atomic E-state index is 10.7. The number of nitrogens with one attached hydrogen (secondary N) is 1. The molecule has 1 amide bonds. The van der Waals surface area contributed by atoms with Crippen LogP contribution in [-0.2, 0) is 4.74 Å². The standard InChI is InChI=1S/C8H15NO3/c1-8(2,11)5-6-3-4-9-7(10)12-6/h6,11H,3-5H2,1-2H3,(H,9,10). The van der Waals surface area contributed by atoms with E-state index in [1.54, 1.807) is 13.8 Å². The Morgan fingerprint density at radius 2 is 2.42 bits per heavy atom. The Bertz CT molecular complexity index is 174. The molecule has 0 aliphatic carbocycles. The van der Waals surface area contributed by atoms with E-state index in [-0.39, 0.29) is 12.2 Å². The zero-order valence-electron chi connectivity index (χ0n) is 7.46. The van der Waals surface area contributed by atoms with Gasteiger partial charge in [0.2, 0.25) is 0 Å². The van der Waals surface area contributed by atoms with Gasteiger partial charge in [0.1, 0.15) is 6.10 Å². The van der Waals surface area contributed by atoms with Crippen LogP contribution in [0, 0.1) is 0 Å². The lowest BCUT2D eigenvalue weighted by atomic mass is 9.99. The molecule has 1 aliphatic rings. The van der Waals surface area contributed by atoms with Crippen LogP contribution in [0.1, 0.15) is 26.7 Å². The van der Waals surface area contributed by atoms with Crippen molar-refractivity contribution in [3.63, 3.8) is 0 Å². The van der Waals surface area contributed by atoms with Gasteiger partial charge in [-0.2, -0.15) is 0 Å². The maximum absolute atomic E-state index is 10.7. The normalized spacial score (nSPS) is 24.6. The average molecular weight is 173 g/mol. The Labute approximate surface area is 71.9 Å². The molecule has 2 N–H and O–H groups in total. The van der Waals surface area contributed by atoms with E-state index in [0.29, 0.717) is 13.0 Å². The number of carbonyl (C=O) groups excluding carboxylic acids is 1. The molecule has 4 heteroatoms. The first-order valence-corrected chi connectivity index (χ1v) is 4.14. The van der Waals surface area contributed by atoms with Crippen LogP contribution in [0.5, 0.6) is 0 Å². The molecule has 4 nitrogen and oxygen atoms in total. The Hall–Kier alpha value is -0.770. The van der Waals surface area contributed by atoms with E-state index in [0.717, 1.165) is 6.42 Å². The summed E-state index contributed by atoms with van der Waals surface area (Å²) in [6.45, 7) is 4.06. The molecule has 0 aromatic heterocycles. The van der Waals surface area contributed by atoms with Crippen LogP contribution < -0.4 is 5.32 Å². The summed E-state index contributed by atoms with van der Waals surface area (Å²) in [6, 6.07) is 0. The van der Waals surface area contributed by atoms with Crippen molar-refractivity contribution in [2.75, 3.05) is 6.54 Å². The van der Waals surface area contributed by atoms with Crippen LogP contribution in [-0.4, -0.2) is 29.4 Å². The molecule has 1 rings (SSSR count). The number of rotatable bonds is 2. The topological polar surface area (TPSA) is 58.6 Å². The van der Waals surface area contributed by atoms with Gasteiger partial charge in [0.25, 0.3) is 0 Å². The maximum Gasteiger partial charge on any atom is 0.407 e. The van der Waals surface area contributed by atoms with Crippen molar-refractivity contribution in [3.8, 4) is 0 Å². The molecule has 70 valence electrons. The molecule has 1 fully saturated rings. The molecule has 1 atom stereocenters. The number of amides is 1. The first-order chi connectivity index (χ1) is 5.47. The van der Waals surface area contributed by atoms with Crippen LogP contribution >= 0.6 is 0 Å². The fourth-order valence-corrected chi connectivity index (χ4v) is 1.29. The Morgan fingerprint density at radius 1 is 1.75 bits per heavy atom. The summed E-state index contributed by atoms with van der Waals surface area (Å²) in [6.07, 6.45) is 0.755. The third kappa shape index (κ3) is 3.09. The van der Waals surface area contributed by atoms with Gasteiger partial charge in [0.15, 0.2) is 0 Å². The SMILES string of the molecule is CC(C)(O)CC1CCNC(=O)O1. The molecule has 0 radical (unpaired) electrons. The van der Waals surface area contributed by atoms with Gasteiger partial charge in [0, 0.05) is 19.4 Å². The van der Waals surface area contributed by atoms with Gasteiger partial charge in [-0.1, -0.05) is 0 Å². The molecule has 0 aromatic carbocycles. The van der Waals surface area contributed by atoms with Crippen LogP contribution in [0.4, 0.5) is 4.79 Å². The number of aliphatic hydroxyl groups is 1. The van der Waals surface area contributed by atoms with E-state index in [1.807, 2.05) is 0 Å².